The number of hydrogen-bond acceptors (Lipinski definition) is 5. The molecule has 0 bridgehead atoms. The maximum absolute atomic E-state index is 11.8. The Labute approximate surface area is 118 Å². The monoisotopic (exact) mass is 292 g/mol. The highest BCUT2D eigenvalue weighted by molar-refractivity contribution is 6.67. The van der Waals surface area contributed by atoms with E-state index in [9.17, 15) is 14.4 Å². The normalized spacial score (nSPS) is 10.1. The third-order valence-corrected chi connectivity index (χ3v) is 2.76. The van der Waals surface area contributed by atoms with E-state index in [1.807, 2.05) is 0 Å². The standard InChI is InChI=1S/C13H9ClN2O4/c1-7-9(4-5-20-7)11(17)13(19)16-10-3-2-8(6-15-10)12(14)18/h2-6H,1H3,(H,15,16,19). The first-order valence-electron chi connectivity index (χ1n) is 5.54. The Balaban J connectivity index is 2.10. The summed E-state index contributed by atoms with van der Waals surface area (Å²) in [5.74, 6) is -1.06. The van der Waals surface area contributed by atoms with Crippen LogP contribution in [-0.4, -0.2) is 21.9 Å². The summed E-state index contributed by atoms with van der Waals surface area (Å²) in [6.07, 6.45) is 2.54. The zero-order valence-corrected chi connectivity index (χ0v) is 11.1. The molecule has 1 amide bonds. The Bertz CT molecular complexity index is 676. The van der Waals surface area contributed by atoms with Gasteiger partial charge in [0.05, 0.1) is 17.4 Å². The maximum atomic E-state index is 11.8. The summed E-state index contributed by atoms with van der Waals surface area (Å²) in [5, 5.41) is 1.68. The van der Waals surface area contributed by atoms with Crippen molar-refractivity contribution in [3.8, 4) is 0 Å². The zero-order chi connectivity index (χ0) is 14.7. The second-order valence-electron chi connectivity index (χ2n) is 3.88. The fraction of sp³-hybridized carbons (Fsp3) is 0.0769. The number of halogens is 1. The number of aromatic nitrogens is 1. The predicted molar refractivity (Wildman–Crippen MR) is 70.8 cm³/mol. The van der Waals surface area contributed by atoms with Gasteiger partial charge in [0.25, 0.3) is 16.9 Å². The SMILES string of the molecule is Cc1occc1C(=O)C(=O)Nc1ccc(C(=O)Cl)cn1. The Morgan fingerprint density at radius 3 is 2.50 bits per heavy atom. The van der Waals surface area contributed by atoms with Gasteiger partial charge in [0.1, 0.15) is 11.6 Å². The van der Waals surface area contributed by atoms with Crippen LogP contribution in [0.4, 0.5) is 5.82 Å². The predicted octanol–water partition coefficient (Wildman–Crippen LogP) is 2.18. The first kappa shape index (κ1) is 14.0. The van der Waals surface area contributed by atoms with Crippen LogP contribution in [0, 0.1) is 6.92 Å². The number of carbonyl (C=O) groups excluding carboxylic acids is 3. The molecule has 0 aliphatic carbocycles. The number of hydrogen-bond donors (Lipinski definition) is 1. The first-order chi connectivity index (χ1) is 9.49. The minimum atomic E-state index is -0.841. The summed E-state index contributed by atoms with van der Waals surface area (Å²) in [5.41, 5.74) is 0.386. The summed E-state index contributed by atoms with van der Waals surface area (Å²) < 4.78 is 4.96. The second kappa shape index (κ2) is 5.66. The molecule has 0 aliphatic rings. The fourth-order valence-electron chi connectivity index (χ4n) is 1.50. The van der Waals surface area contributed by atoms with Crippen molar-refractivity contribution >= 4 is 34.4 Å². The highest BCUT2D eigenvalue weighted by Gasteiger charge is 2.20. The molecule has 102 valence electrons. The van der Waals surface area contributed by atoms with Crippen LogP contribution in [0.1, 0.15) is 26.5 Å². The van der Waals surface area contributed by atoms with Crippen LogP contribution in [0.15, 0.2) is 35.1 Å². The van der Waals surface area contributed by atoms with Crippen molar-refractivity contribution in [3.05, 3.63) is 47.5 Å². The van der Waals surface area contributed by atoms with Crippen LogP contribution < -0.4 is 5.32 Å². The summed E-state index contributed by atoms with van der Waals surface area (Å²) >= 11 is 5.27. The molecular formula is C13H9ClN2O4. The number of nitrogens with one attached hydrogen (secondary N) is 1. The summed E-state index contributed by atoms with van der Waals surface area (Å²) in [7, 11) is 0. The van der Waals surface area contributed by atoms with E-state index >= 15 is 0 Å². The number of amides is 1. The van der Waals surface area contributed by atoms with Gasteiger partial charge in [-0.2, -0.15) is 0 Å². The number of anilines is 1. The lowest BCUT2D eigenvalue weighted by Crippen LogP contribution is -2.23. The first-order valence-corrected chi connectivity index (χ1v) is 5.92. The average Bonchev–Trinajstić information content (AvgIpc) is 2.84. The summed E-state index contributed by atoms with van der Waals surface area (Å²) in [4.78, 5) is 38.2. The molecule has 6 nitrogen and oxygen atoms in total. The second-order valence-corrected chi connectivity index (χ2v) is 4.22. The van der Waals surface area contributed by atoms with Gasteiger partial charge >= 0.3 is 0 Å². The molecule has 0 radical (unpaired) electrons. The Hall–Kier alpha value is -2.47. The van der Waals surface area contributed by atoms with Crippen molar-refractivity contribution in [3.63, 3.8) is 0 Å². The van der Waals surface area contributed by atoms with Crippen molar-refractivity contribution in [2.75, 3.05) is 5.32 Å². The van der Waals surface area contributed by atoms with Gasteiger partial charge in [-0.15, -0.1) is 0 Å². The number of pyridine rings is 1. The van der Waals surface area contributed by atoms with E-state index in [2.05, 4.69) is 10.3 Å². The third kappa shape index (κ3) is 2.92. The average molecular weight is 293 g/mol. The Morgan fingerprint density at radius 2 is 2.00 bits per heavy atom. The molecule has 0 aliphatic heterocycles. The number of rotatable bonds is 4. The maximum Gasteiger partial charge on any atom is 0.298 e. The van der Waals surface area contributed by atoms with Gasteiger partial charge in [0.2, 0.25) is 0 Å². The molecule has 0 saturated carbocycles. The van der Waals surface area contributed by atoms with Gasteiger partial charge in [0, 0.05) is 6.20 Å². The molecular weight excluding hydrogens is 284 g/mol. The van der Waals surface area contributed by atoms with E-state index in [0.717, 1.165) is 0 Å². The highest BCUT2D eigenvalue weighted by atomic mass is 35.5. The van der Waals surface area contributed by atoms with Gasteiger partial charge in [-0.05, 0) is 36.7 Å². The number of aryl methyl sites for hydroxylation is 1. The number of carbonyl (C=O) groups is 3. The van der Waals surface area contributed by atoms with E-state index in [-0.39, 0.29) is 16.9 Å². The molecule has 0 saturated heterocycles. The van der Waals surface area contributed by atoms with E-state index in [4.69, 9.17) is 16.0 Å². The fourth-order valence-corrected chi connectivity index (χ4v) is 1.61. The summed E-state index contributed by atoms with van der Waals surface area (Å²) in [6.45, 7) is 1.58. The Morgan fingerprint density at radius 1 is 1.25 bits per heavy atom. The van der Waals surface area contributed by atoms with E-state index < -0.39 is 16.9 Å². The van der Waals surface area contributed by atoms with Crippen molar-refractivity contribution in [1.29, 1.82) is 0 Å². The van der Waals surface area contributed by atoms with Gasteiger partial charge in [-0.3, -0.25) is 14.4 Å². The minimum absolute atomic E-state index is 0.145. The number of furan rings is 1. The molecule has 20 heavy (non-hydrogen) atoms. The lowest BCUT2D eigenvalue weighted by atomic mass is 10.1. The number of nitrogens with zero attached hydrogens (tertiary/aromatic N) is 1. The lowest BCUT2D eigenvalue weighted by Gasteiger charge is -2.03. The van der Waals surface area contributed by atoms with Crippen LogP contribution in [0.3, 0.4) is 0 Å². The van der Waals surface area contributed by atoms with Gasteiger partial charge in [0.15, 0.2) is 0 Å². The zero-order valence-electron chi connectivity index (χ0n) is 10.3. The molecule has 0 unspecified atom stereocenters. The molecule has 0 spiro atoms. The lowest BCUT2D eigenvalue weighted by molar-refractivity contribution is -0.112. The van der Waals surface area contributed by atoms with Crippen molar-refractivity contribution in [2.24, 2.45) is 0 Å². The molecule has 2 aromatic heterocycles. The van der Waals surface area contributed by atoms with Crippen LogP contribution in [0.2, 0.25) is 0 Å². The minimum Gasteiger partial charge on any atom is -0.469 e. The Kier molecular flexibility index (Phi) is 3.95. The topological polar surface area (TPSA) is 89.3 Å². The molecule has 0 atom stereocenters. The van der Waals surface area contributed by atoms with Crippen molar-refractivity contribution in [2.45, 2.75) is 6.92 Å². The van der Waals surface area contributed by atoms with Crippen LogP contribution in [0.5, 0.6) is 0 Å². The molecule has 2 rings (SSSR count). The molecule has 0 aromatic carbocycles. The van der Waals surface area contributed by atoms with E-state index in [0.29, 0.717) is 5.76 Å². The van der Waals surface area contributed by atoms with Crippen LogP contribution >= 0.6 is 11.6 Å². The quantitative estimate of drug-likeness (QED) is 0.530. The van der Waals surface area contributed by atoms with E-state index in [1.54, 1.807) is 6.92 Å². The smallest absolute Gasteiger partial charge is 0.298 e. The highest BCUT2D eigenvalue weighted by Crippen LogP contribution is 2.12. The molecule has 2 heterocycles. The largest absolute Gasteiger partial charge is 0.469 e. The van der Waals surface area contributed by atoms with Crippen molar-refractivity contribution in [1.82, 2.24) is 4.98 Å². The van der Waals surface area contributed by atoms with Crippen LogP contribution in [-0.2, 0) is 4.79 Å². The molecule has 7 heteroatoms. The van der Waals surface area contributed by atoms with Gasteiger partial charge in [-0.25, -0.2) is 4.98 Å². The third-order valence-electron chi connectivity index (χ3n) is 2.54. The number of Topliss-reactive ketones (excluding diaryl/α,β-unsaturated/α-hetero) is 1. The number of ketones is 1. The van der Waals surface area contributed by atoms with E-state index in [1.165, 1.54) is 30.7 Å². The van der Waals surface area contributed by atoms with Crippen molar-refractivity contribution < 1.29 is 18.8 Å². The van der Waals surface area contributed by atoms with Gasteiger partial charge in [-0.1, -0.05) is 0 Å². The van der Waals surface area contributed by atoms with Gasteiger partial charge < -0.3 is 9.73 Å². The molecule has 0 fully saturated rings. The molecule has 1 N–H and O–H groups in total. The summed E-state index contributed by atoms with van der Waals surface area (Å²) in [6, 6.07) is 4.19. The van der Waals surface area contributed by atoms with Crippen LogP contribution in [0.25, 0.3) is 0 Å². The molecule has 2 aromatic rings.